The van der Waals surface area contributed by atoms with Crippen LogP contribution in [0.15, 0.2) is 6.33 Å². The fraction of sp³-hybridized carbons (Fsp3) is 0.667. The van der Waals surface area contributed by atoms with Crippen LogP contribution in [0, 0.1) is 16.0 Å². The second-order valence-electron chi connectivity index (χ2n) is 5.09. The van der Waals surface area contributed by atoms with Crippen LogP contribution in [0.2, 0.25) is 0 Å². The number of nitrogens with zero attached hydrogens (tertiary/aromatic N) is 4. The van der Waals surface area contributed by atoms with E-state index in [0.29, 0.717) is 0 Å². The molecule has 0 fully saturated rings. The lowest BCUT2D eigenvalue weighted by Gasteiger charge is -2.25. The van der Waals surface area contributed by atoms with Crippen LogP contribution in [0.3, 0.4) is 0 Å². The van der Waals surface area contributed by atoms with Crippen LogP contribution in [0.25, 0.3) is 0 Å². The molecule has 0 amide bonds. The Kier molecular flexibility index (Phi) is 5.63. The Labute approximate surface area is 118 Å². The van der Waals surface area contributed by atoms with Crippen molar-refractivity contribution in [1.29, 1.82) is 0 Å². The largest absolute Gasteiger partial charge is 0.476 e. The molecule has 1 heterocycles. The molecule has 1 aromatic heterocycles. The number of methoxy groups -OCH3 is 1. The third-order valence-electron chi connectivity index (χ3n) is 2.85. The SMILES string of the molecule is COc1ncnc(NC(CN(C)C)C(C)C)c1[N+](=O)[O-]. The minimum atomic E-state index is -0.534. The molecule has 1 atom stereocenters. The summed E-state index contributed by atoms with van der Waals surface area (Å²) in [6, 6.07) is 0.0308. The molecule has 0 aliphatic rings. The fourth-order valence-corrected chi connectivity index (χ4v) is 1.77. The second-order valence-corrected chi connectivity index (χ2v) is 5.09. The summed E-state index contributed by atoms with van der Waals surface area (Å²) in [5.74, 6) is 0.431. The van der Waals surface area contributed by atoms with Crippen molar-refractivity contribution in [3.05, 3.63) is 16.4 Å². The van der Waals surface area contributed by atoms with Crippen molar-refractivity contribution >= 4 is 11.5 Å². The molecule has 1 N–H and O–H groups in total. The molecule has 0 aliphatic heterocycles. The van der Waals surface area contributed by atoms with Gasteiger partial charge >= 0.3 is 5.69 Å². The summed E-state index contributed by atoms with van der Waals surface area (Å²) in [7, 11) is 5.25. The van der Waals surface area contributed by atoms with Crippen molar-refractivity contribution in [3.8, 4) is 5.88 Å². The molecule has 8 heteroatoms. The Bertz CT molecular complexity index is 464. The minimum Gasteiger partial charge on any atom is -0.476 e. The lowest BCUT2D eigenvalue weighted by atomic mass is 10.0. The van der Waals surface area contributed by atoms with Gasteiger partial charge in [-0.2, -0.15) is 4.98 Å². The number of anilines is 1. The zero-order valence-corrected chi connectivity index (χ0v) is 12.5. The fourth-order valence-electron chi connectivity index (χ4n) is 1.77. The summed E-state index contributed by atoms with van der Waals surface area (Å²) in [5, 5.41) is 14.3. The molecule has 0 spiro atoms. The van der Waals surface area contributed by atoms with Gasteiger partial charge in [-0.25, -0.2) is 4.98 Å². The van der Waals surface area contributed by atoms with Crippen LogP contribution in [0.1, 0.15) is 13.8 Å². The van der Waals surface area contributed by atoms with Crippen molar-refractivity contribution in [1.82, 2.24) is 14.9 Å². The average Bonchev–Trinajstić information content (AvgIpc) is 2.36. The normalized spacial score (nSPS) is 12.6. The summed E-state index contributed by atoms with van der Waals surface area (Å²) in [6.07, 6.45) is 1.25. The maximum Gasteiger partial charge on any atom is 0.372 e. The van der Waals surface area contributed by atoms with Crippen molar-refractivity contribution < 1.29 is 9.66 Å². The number of nitro groups is 1. The summed E-state index contributed by atoms with van der Waals surface area (Å²) in [5.41, 5.74) is -0.237. The maximum atomic E-state index is 11.2. The number of hydrogen-bond acceptors (Lipinski definition) is 7. The highest BCUT2D eigenvalue weighted by molar-refractivity contribution is 5.61. The van der Waals surface area contributed by atoms with E-state index < -0.39 is 4.92 Å². The Hall–Kier alpha value is -1.96. The number of likely N-dealkylation sites (N-methyl/N-ethyl adjacent to an activating group) is 1. The Morgan fingerprint density at radius 2 is 2.10 bits per heavy atom. The van der Waals surface area contributed by atoms with Gasteiger partial charge in [0.2, 0.25) is 5.82 Å². The van der Waals surface area contributed by atoms with Crippen LogP contribution in [0.4, 0.5) is 11.5 Å². The lowest BCUT2D eigenvalue weighted by molar-refractivity contribution is -0.385. The van der Waals surface area contributed by atoms with Crippen molar-refractivity contribution in [2.45, 2.75) is 19.9 Å². The molecule has 0 saturated carbocycles. The van der Waals surface area contributed by atoms with Gasteiger partial charge in [-0.15, -0.1) is 0 Å². The molecule has 0 saturated heterocycles. The predicted octanol–water partition coefficient (Wildman–Crippen LogP) is 1.39. The Balaban J connectivity index is 3.09. The van der Waals surface area contributed by atoms with Gasteiger partial charge in [-0.3, -0.25) is 10.1 Å². The van der Waals surface area contributed by atoms with E-state index in [2.05, 4.69) is 15.3 Å². The van der Waals surface area contributed by atoms with Crippen LogP contribution >= 0.6 is 0 Å². The van der Waals surface area contributed by atoms with Gasteiger partial charge in [0.05, 0.1) is 12.0 Å². The van der Waals surface area contributed by atoms with E-state index in [0.717, 1.165) is 6.54 Å². The molecule has 8 nitrogen and oxygen atoms in total. The second kappa shape index (κ2) is 6.99. The molecular formula is C12H21N5O3. The zero-order valence-electron chi connectivity index (χ0n) is 12.5. The first-order valence-electron chi connectivity index (χ1n) is 6.31. The van der Waals surface area contributed by atoms with Crippen LogP contribution < -0.4 is 10.1 Å². The average molecular weight is 283 g/mol. The smallest absolute Gasteiger partial charge is 0.372 e. The van der Waals surface area contributed by atoms with Gasteiger partial charge in [0, 0.05) is 12.6 Å². The van der Waals surface area contributed by atoms with E-state index >= 15 is 0 Å². The zero-order chi connectivity index (χ0) is 15.3. The summed E-state index contributed by atoms with van der Waals surface area (Å²) < 4.78 is 4.93. The van der Waals surface area contributed by atoms with Crippen molar-refractivity contribution in [2.75, 3.05) is 33.1 Å². The van der Waals surface area contributed by atoms with E-state index in [9.17, 15) is 10.1 Å². The van der Waals surface area contributed by atoms with Crippen LogP contribution in [-0.4, -0.2) is 53.6 Å². The van der Waals surface area contributed by atoms with Crippen molar-refractivity contribution in [3.63, 3.8) is 0 Å². The first-order chi connectivity index (χ1) is 9.36. The molecule has 20 heavy (non-hydrogen) atoms. The first-order valence-corrected chi connectivity index (χ1v) is 6.31. The van der Waals surface area contributed by atoms with Crippen LogP contribution in [0.5, 0.6) is 5.88 Å². The Morgan fingerprint density at radius 1 is 1.45 bits per heavy atom. The summed E-state index contributed by atoms with van der Waals surface area (Å²) in [4.78, 5) is 20.4. The van der Waals surface area contributed by atoms with Gasteiger partial charge in [0.15, 0.2) is 0 Å². The Morgan fingerprint density at radius 3 is 2.55 bits per heavy atom. The molecule has 1 unspecified atom stereocenters. The predicted molar refractivity (Wildman–Crippen MR) is 76.0 cm³/mol. The summed E-state index contributed by atoms with van der Waals surface area (Å²) >= 11 is 0. The van der Waals surface area contributed by atoms with E-state index in [4.69, 9.17) is 4.74 Å². The summed E-state index contributed by atoms with van der Waals surface area (Å²) in [6.45, 7) is 4.83. The lowest BCUT2D eigenvalue weighted by Crippen LogP contribution is -2.36. The topological polar surface area (TPSA) is 93.4 Å². The van der Waals surface area contributed by atoms with Crippen LogP contribution in [-0.2, 0) is 0 Å². The highest BCUT2D eigenvalue weighted by atomic mass is 16.6. The molecule has 112 valence electrons. The number of hydrogen-bond donors (Lipinski definition) is 1. The number of rotatable bonds is 7. The van der Waals surface area contributed by atoms with E-state index in [1.807, 2.05) is 32.8 Å². The molecule has 1 aromatic rings. The molecule has 0 aromatic carbocycles. The highest BCUT2D eigenvalue weighted by Gasteiger charge is 2.26. The van der Waals surface area contributed by atoms with E-state index in [1.54, 1.807) is 0 Å². The third-order valence-corrected chi connectivity index (χ3v) is 2.85. The molecule has 0 radical (unpaired) electrons. The van der Waals surface area contributed by atoms with Gasteiger partial charge in [0.1, 0.15) is 6.33 Å². The molecule has 0 bridgehead atoms. The molecular weight excluding hydrogens is 262 g/mol. The quantitative estimate of drug-likeness (QED) is 0.597. The number of ether oxygens (including phenoxy) is 1. The first kappa shape index (κ1) is 16.1. The van der Waals surface area contributed by atoms with Gasteiger partial charge in [0.25, 0.3) is 5.88 Å². The third kappa shape index (κ3) is 4.02. The van der Waals surface area contributed by atoms with E-state index in [1.165, 1.54) is 13.4 Å². The maximum absolute atomic E-state index is 11.2. The number of nitrogens with one attached hydrogen (secondary N) is 1. The van der Waals surface area contributed by atoms with E-state index in [-0.39, 0.29) is 29.3 Å². The van der Waals surface area contributed by atoms with Gasteiger partial charge in [-0.1, -0.05) is 13.8 Å². The molecule has 0 aliphatic carbocycles. The highest BCUT2D eigenvalue weighted by Crippen LogP contribution is 2.31. The number of aromatic nitrogens is 2. The minimum absolute atomic E-state index is 0.0308. The standard InChI is InChI=1S/C12H21N5O3/c1-8(2)9(6-16(3)4)15-11-10(17(18)19)12(20-5)14-7-13-11/h7-9H,6H2,1-5H3,(H,13,14,15). The van der Waals surface area contributed by atoms with Gasteiger partial charge < -0.3 is 15.0 Å². The monoisotopic (exact) mass is 283 g/mol. The van der Waals surface area contributed by atoms with Gasteiger partial charge in [-0.05, 0) is 20.0 Å². The van der Waals surface area contributed by atoms with Crippen molar-refractivity contribution in [2.24, 2.45) is 5.92 Å². The molecule has 1 rings (SSSR count).